The van der Waals surface area contributed by atoms with E-state index in [1.165, 1.54) is 43.5 Å². The molecule has 1 aromatic heterocycles. The van der Waals surface area contributed by atoms with Crippen molar-refractivity contribution in [2.75, 3.05) is 7.11 Å². The lowest BCUT2D eigenvalue weighted by Gasteiger charge is -2.24. The summed E-state index contributed by atoms with van der Waals surface area (Å²) in [6.45, 7) is 0. The van der Waals surface area contributed by atoms with Crippen LogP contribution in [0.5, 0.6) is 0 Å². The smallest absolute Gasteiger partial charge is 0.266 e. The number of hydrogen-bond donors (Lipinski definition) is 0. The summed E-state index contributed by atoms with van der Waals surface area (Å²) < 4.78 is 5.68. The minimum Gasteiger partial charge on any atom is -0.413 e. The normalized spacial score (nSPS) is 17.9. The first-order valence-corrected chi connectivity index (χ1v) is 7.83. The Morgan fingerprint density at radius 2 is 2.12 bits per heavy atom. The molecule has 1 aliphatic rings. The van der Waals surface area contributed by atoms with Gasteiger partial charge in [0, 0.05) is 13.3 Å². The molecule has 0 aromatic carbocycles. The SMILES string of the molecule is CO[Si](CC1CCCCC1)c1ccccn1. The summed E-state index contributed by atoms with van der Waals surface area (Å²) in [7, 11) is 0.968. The molecule has 1 radical (unpaired) electrons. The predicted molar refractivity (Wildman–Crippen MR) is 68.0 cm³/mol. The molecule has 1 heterocycles. The Hall–Kier alpha value is -0.673. The van der Waals surface area contributed by atoms with Crippen molar-refractivity contribution in [3.8, 4) is 0 Å². The highest BCUT2D eigenvalue weighted by Crippen LogP contribution is 2.27. The van der Waals surface area contributed by atoms with Crippen LogP contribution in [-0.4, -0.2) is 21.1 Å². The van der Waals surface area contributed by atoms with Crippen molar-refractivity contribution in [1.29, 1.82) is 0 Å². The second-order valence-electron chi connectivity index (χ2n) is 4.55. The van der Waals surface area contributed by atoms with Crippen LogP contribution in [0.25, 0.3) is 0 Å². The zero-order valence-electron chi connectivity index (χ0n) is 9.98. The zero-order chi connectivity index (χ0) is 11.2. The van der Waals surface area contributed by atoms with Gasteiger partial charge in [0.25, 0.3) is 9.04 Å². The molecule has 0 bridgehead atoms. The number of rotatable bonds is 4. The monoisotopic (exact) mass is 234 g/mol. The van der Waals surface area contributed by atoms with Crippen LogP contribution >= 0.6 is 0 Å². The molecule has 16 heavy (non-hydrogen) atoms. The van der Waals surface area contributed by atoms with Gasteiger partial charge in [-0.25, -0.2) is 0 Å². The minimum atomic E-state index is -0.872. The lowest BCUT2D eigenvalue weighted by molar-refractivity contribution is 0.359. The van der Waals surface area contributed by atoms with E-state index in [9.17, 15) is 0 Å². The van der Waals surface area contributed by atoms with E-state index in [2.05, 4.69) is 17.1 Å². The van der Waals surface area contributed by atoms with Gasteiger partial charge in [-0.05, 0) is 24.1 Å². The van der Waals surface area contributed by atoms with Crippen molar-refractivity contribution in [2.45, 2.75) is 38.1 Å². The lowest BCUT2D eigenvalue weighted by atomic mass is 9.91. The van der Waals surface area contributed by atoms with Crippen molar-refractivity contribution in [1.82, 2.24) is 4.98 Å². The third kappa shape index (κ3) is 3.16. The highest BCUT2D eigenvalue weighted by molar-refractivity contribution is 6.66. The second-order valence-corrected chi connectivity index (χ2v) is 6.73. The topological polar surface area (TPSA) is 22.1 Å². The zero-order valence-corrected chi connectivity index (χ0v) is 11.0. The Bertz CT molecular complexity index is 298. The van der Waals surface area contributed by atoms with E-state index in [1.54, 1.807) is 0 Å². The fourth-order valence-corrected chi connectivity index (χ4v) is 4.49. The second kappa shape index (κ2) is 6.16. The lowest BCUT2D eigenvalue weighted by Crippen LogP contribution is -2.36. The van der Waals surface area contributed by atoms with Gasteiger partial charge in [-0.2, -0.15) is 0 Å². The molecule has 2 rings (SSSR count). The van der Waals surface area contributed by atoms with Gasteiger partial charge >= 0.3 is 0 Å². The van der Waals surface area contributed by atoms with Crippen LogP contribution < -0.4 is 5.32 Å². The molecule has 1 aliphatic carbocycles. The van der Waals surface area contributed by atoms with Crippen LogP contribution in [0.15, 0.2) is 24.4 Å². The summed E-state index contributed by atoms with van der Waals surface area (Å²) in [6.07, 6.45) is 8.90. The van der Waals surface area contributed by atoms with Crippen molar-refractivity contribution in [3.63, 3.8) is 0 Å². The van der Waals surface area contributed by atoms with Gasteiger partial charge in [0.15, 0.2) is 0 Å². The molecule has 1 saturated carbocycles. The standard InChI is InChI=1S/C13H20NOSi/c1-15-16(13-9-5-6-10-14-13)11-12-7-3-2-4-8-12/h5-6,9-10,12H,2-4,7-8,11H2,1H3. The van der Waals surface area contributed by atoms with Crippen molar-refractivity contribution < 1.29 is 4.43 Å². The average molecular weight is 234 g/mol. The van der Waals surface area contributed by atoms with E-state index in [0.29, 0.717) is 0 Å². The Kier molecular flexibility index (Phi) is 4.54. The van der Waals surface area contributed by atoms with E-state index in [-0.39, 0.29) is 0 Å². The summed E-state index contributed by atoms with van der Waals surface area (Å²) in [4.78, 5) is 4.44. The summed E-state index contributed by atoms with van der Waals surface area (Å²) in [5.74, 6) is 0.879. The minimum absolute atomic E-state index is 0.872. The summed E-state index contributed by atoms with van der Waals surface area (Å²) in [5, 5.41) is 1.18. The van der Waals surface area contributed by atoms with Gasteiger partial charge in [0.2, 0.25) is 0 Å². The van der Waals surface area contributed by atoms with Gasteiger partial charge in [-0.3, -0.25) is 4.98 Å². The van der Waals surface area contributed by atoms with Gasteiger partial charge < -0.3 is 4.43 Å². The Balaban J connectivity index is 1.94. The molecule has 0 amide bonds. The predicted octanol–water partition coefficient (Wildman–Crippen LogP) is 2.51. The molecule has 0 aliphatic heterocycles. The summed E-state index contributed by atoms with van der Waals surface area (Å²) >= 11 is 0. The van der Waals surface area contributed by atoms with E-state index in [1.807, 2.05) is 19.4 Å². The number of pyridine rings is 1. The molecule has 1 fully saturated rings. The van der Waals surface area contributed by atoms with Gasteiger partial charge in [-0.1, -0.05) is 38.2 Å². The Labute approximate surface area is 99.8 Å². The summed E-state index contributed by atoms with van der Waals surface area (Å²) in [6, 6.07) is 7.38. The number of aromatic nitrogens is 1. The van der Waals surface area contributed by atoms with Crippen LogP contribution in [0.4, 0.5) is 0 Å². The summed E-state index contributed by atoms with van der Waals surface area (Å²) in [5.41, 5.74) is 0. The molecule has 0 spiro atoms. The average Bonchev–Trinajstić information content (AvgIpc) is 2.38. The van der Waals surface area contributed by atoms with Crippen LogP contribution in [0, 0.1) is 5.92 Å². The van der Waals surface area contributed by atoms with Gasteiger partial charge in [0.05, 0.1) is 5.32 Å². The van der Waals surface area contributed by atoms with Crippen LogP contribution in [0.1, 0.15) is 32.1 Å². The molecular weight excluding hydrogens is 214 g/mol. The van der Waals surface area contributed by atoms with Crippen molar-refractivity contribution in [2.24, 2.45) is 5.92 Å². The molecule has 1 aromatic rings. The quantitative estimate of drug-likeness (QED) is 0.747. The third-order valence-corrected chi connectivity index (χ3v) is 5.70. The number of hydrogen-bond acceptors (Lipinski definition) is 2. The highest BCUT2D eigenvalue weighted by atomic mass is 28.3. The molecule has 3 heteroatoms. The maximum Gasteiger partial charge on any atom is 0.266 e. The highest BCUT2D eigenvalue weighted by Gasteiger charge is 2.23. The molecule has 0 unspecified atom stereocenters. The van der Waals surface area contributed by atoms with E-state index in [0.717, 1.165) is 5.92 Å². The first-order chi connectivity index (χ1) is 7.90. The Morgan fingerprint density at radius 3 is 2.75 bits per heavy atom. The van der Waals surface area contributed by atoms with Crippen LogP contribution in [0.3, 0.4) is 0 Å². The molecule has 0 atom stereocenters. The molecule has 2 nitrogen and oxygen atoms in total. The van der Waals surface area contributed by atoms with Crippen molar-refractivity contribution >= 4 is 14.4 Å². The molecular formula is C13H20NOSi. The fourth-order valence-electron chi connectivity index (χ4n) is 2.47. The van der Waals surface area contributed by atoms with Crippen molar-refractivity contribution in [3.05, 3.63) is 24.4 Å². The molecule has 0 N–H and O–H groups in total. The van der Waals surface area contributed by atoms with E-state index >= 15 is 0 Å². The molecule has 0 saturated heterocycles. The largest absolute Gasteiger partial charge is 0.413 e. The van der Waals surface area contributed by atoms with Crippen LogP contribution in [-0.2, 0) is 4.43 Å². The fraction of sp³-hybridized carbons (Fsp3) is 0.615. The molecule has 87 valence electrons. The first-order valence-electron chi connectivity index (χ1n) is 6.21. The number of nitrogens with zero attached hydrogens (tertiary/aromatic N) is 1. The van der Waals surface area contributed by atoms with E-state index < -0.39 is 9.04 Å². The third-order valence-electron chi connectivity index (χ3n) is 3.40. The maximum atomic E-state index is 5.68. The van der Waals surface area contributed by atoms with E-state index in [4.69, 9.17) is 4.43 Å². The first kappa shape index (κ1) is 11.8. The Morgan fingerprint density at radius 1 is 1.31 bits per heavy atom. The van der Waals surface area contributed by atoms with Crippen LogP contribution in [0.2, 0.25) is 6.04 Å². The maximum absolute atomic E-state index is 5.68. The van der Waals surface area contributed by atoms with Gasteiger partial charge in [0.1, 0.15) is 0 Å². The van der Waals surface area contributed by atoms with Gasteiger partial charge in [-0.15, -0.1) is 0 Å².